The van der Waals surface area contributed by atoms with E-state index in [1.807, 2.05) is 6.07 Å². The number of hydrogen-bond acceptors (Lipinski definition) is 3. The highest BCUT2D eigenvalue weighted by Gasteiger charge is 2.42. The van der Waals surface area contributed by atoms with Gasteiger partial charge in [0.15, 0.2) is 5.82 Å². The van der Waals surface area contributed by atoms with Gasteiger partial charge >= 0.3 is 0 Å². The summed E-state index contributed by atoms with van der Waals surface area (Å²) in [6, 6.07) is 10.5. The molecule has 5 heteroatoms. The standard InChI is InChI=1S/C18H20F2N2O/c19-18(20)7-6-14(11-18)17-21-16(23-22-17)10-12-8-15(9-12)13-4-2-1-3-5-13/h1-5,12,14-15H,6-11H2. The molecule has 1 aromatic heterocycles. The molecule has 2 fully saturated rings. The summed E-state index contributed by atoms with van der Waals surface area (Å²) in [7, 11) is 0. The molecular formula is C18H20F2N2O. The van der Waals surface area contributed by atoms with E-state index < -0.39 is 5.92 Å². The lowest BCUT2D eigenvalue weighted by molar-refractivity contribution is 0.00749. The number of alkyl halides is 2. The van der Waals surface area contributed by atoms with E-state index in [0.717, 1.165) is 19.3 Å². The van der Waals surface area contributed by atoms with Crippen molar-refractivity contribution in [3.63, 3.8) is 0 Å². The topological polar surface area (TPSA) is 38.9 Å². The molecule has 2 saturated carbocycles. The van der Waals surface area contributed by atoms with Crippen LogP contribution in [0.5, 0.6) is 0 Å². The van der Waals surface area contributed by atoms with E-state index in [1.54, 1.807) is 0 Å². The van der Waals surface area contributed by atoms with Gasteiger partial charge in [-0.15, -0.1) is 0 Å². The zero-order valence-corrected chi connectivity index (χ0v) is 12.9. The Morgan fingerprint density at radius 3 is 2.61 bits per heavy atom. The Morgan fingerprint density at radius 1 is 1.13 bits per heavy atom. The molecule has 2 aromatic rings. The molecule has 0 saturated heterocycles. The van der Waals surface area contributed by atoms with Crippen LogP contribution in [0.4, 0.5) is 8.78 Å². The van der Waals surface area contributed by atoms with Gasteiger partial charge in [0.05, 0.1) is 0 Å². The van der Waals surface area contributed by atoms with Crippen molar-refractivity contribution in [1.82, 2.24) is 10.1 Å². The monoisotopic (exact) mass is 318 g/mol. The van der Waals surface area contributed by atoms with Crippen LogP contribution in [0.25, 0.3) is 0 Å². The summed E-state index contributed by atoms with van der Waals surface area (Å²) in [4.78, 5) is 4.37. The molecular weight excluding hydrogens is 298 g/mol. The van der Waals surface area contributed by atoms with Crippen LogP contribution >= 0.6 is 0 Å². The van der Waals surface area contributed by atoms with Crippen LogP contribution in [0.1, 0.15) is 61.2 Å². The van der Waals surface area contributed by atoms with E-state index in [9.17, 15) is 8.78 Å². The van der Waals surface area contributed by atoms with Crippen LogP contribution in [-0.2, 0) is 6.42 Å². The second-order valence-corrected chi connectivity index (χ2v) is 6.99. The van der Waals surface area contributed by atoms with Crippen molar-refractivity contribution in [2.75, 3.05) is 0 Å². The Bertz CT molecular complexity index is 665. The highest BCUT2D eigenvalue weighted by Crippen LogP contribution is 2.44. The van der Waals surface area contributed by atoms with Gasteiger partial charge in [-0.3, -0.25) is 0 Å². The normalized spacial score (nSPS) is 29.4. The molecule has 122 valence electrons. The molecule has 3 nitrogen and oxygen atoms in total. The van der Waals surface area contributed by atoms with E-state index in [1.165, 1.54) is 5.56 Å². The lowest BCUT2D eigenvalue weighted by atomic mass is 9.70. The molecule has 0 aliphatic heterocycles. The van der Waals surface area contributed by atoms with Crippen molar-refractivity contribution in [1.29, 1.82) is 0 Å². The first kappa shape index (κ1) is 14.8. The Morgan fingerprint density at radius 2 is 1.91 bits per heavy atom. The third-order valence-corrected chi connectivity index (χ3v) is 5.22. The largest absolute Gasteiger partial charge is 0.339 e. The van der Waals surface area contributed by atoms with E-state index in [2.05, 4.69) is 34.4 Å². The number of rotatable bonds is 4. The average molecular weight is 318 g/mol. The van der Waals surface area contributed by atoms with Crippen molar-refractivity contribution < 1.29 is 13.3 Å². The highest BCUT2D eigenvalue weighted by molar-refractivity contribution is 5.22. The summed E-state index contributed by atoms with van der Waals surface area (Å²) in [5, 5.41) is 3.93. The van der Waals surface area contributed by atoms with E-state index in [-0.39, 0.29) is 18.8 Å². The van der Waals surface area contributed by atoms with Gasteiger partial charge in [0, 0.05) is 25.2 Å². The quantitative estimate of drug-likeness (QED) is 0.819. The third-order valence-electron chi connectivity index (χ3n) is 5.22. The summed E-state index contributed by atoms with van der Waals surface area (Å²) in [5.41, 5.74) is 1.39. The SMILES string of the molecule is FC1(F)CCC(c2noc(CC3CC(c4ccccc4)C3)n2)C1. The second-order valence-electron chi connectivity index (χ2n) is 6.99. The Labute approximate surface area is 134 Å². The van der Waals surface area contributed by atoms with Gasteiger partial charge in [-0.05, 0) is 36.7 Å². The molecule has 4 rings (SSSR count). The van der Waals surface area contributed by atoms with Crippen LogP contribution in [0.15, 0.2) is 34.9 Å². The van der Waals surface area contributed by atoms with Crippen LogP contribution in [0.3, 0.4) is 0 Å². The van der Waals surface area contributed by atoms with Crippen molar-refractivity contribution in [2.24, 2.45) is 5.92 Å². The van der Waals surface area contributed by atoms with Crippen LogP contribution in [-0.4, -0.2) is 16.1 Å². The minimum atomic E-state index is -2.57. The van der Waals surface area contributed by atoms with E-state index in [0.29, 0.717) is 30.0 Å². The van der Waals surface area contributed by atoms with E-state index >= 15 is 0 Å². The molecule has 1 atom stereocenters. The Kier molecular flexibility index (Phi) is 3.66. The minimum Gasteiger partial charge on any atom is -0.339 e. The molecule has 2 aliphatic rings. The summed E-state index contributed by atoms with van der Waals surface area (Å²) in [6.07, 6.45) is 3.26. The van der Waals surface area contributed by atoms with Crippen molar-refractivity contribution in [2.45, 2.75) is 56.3 Å². The Balaban J connectivity index is 1.32. The van der Waals surface area contributed by atoms with E-state index in [4.69, 9.17) is 4.52 Å². The van der Waals surface area contributed by atoms with Crippen LogP contribution in [0, 0.1) is 5.92 Å². The number of aromatic nitrogens is 2. The summed E-state index contributed by atoms with van der Waals surface area (Å²) >= 11 is 0. The molecule has 0 radical (unpaired) electrons. The second kappa shape index (κ2) is 5.69. The molecule has 1 unspecified atom stereocenters. The lowest BCUT2D eigenvalue weighted by Gasteiger charge is -2.34. The number of benzene rings is 1. The molecule has 0 amide bonds. The van der Waals surface area contributed by atoms with Crippen molar-refractivity contribution in [3.8, 4) is 0 Å². The molecule has 1 aromatic carbocycles. The minimum absolute atomic E-state index is 0.0665. The predicted octanol–water partition coefficient (Wildman–Crippen LogP) is 4.71. The first-order valence-electron chi connectivity index (χ1n) is 8.34. The molecule has 23 heavy (non-hydrogen) atoms. The smallest absolute Gasteiger partial charge is 0.248 e. The van der Waals surface area contributed by atoms with Gasteiger partial charge in [-0.25, -0.2) is 8.78 Å². The molecule has 0 spiro atoms. The van der Waals surface area contributed by atoms with Gasteiger partial charge in [0.25, 0.3) is 0 Å². The lowest BCUT2D eigenvalue weighted by Crippen LogP contribution is -2.23. The molecule has 0 bridgehead atoms. The maximum atomic E-state index is 13.3. The van der Waals surface area contributed by atoms with Gasteiger partial charge in [-0.1, -0.05) is 35.5 Å². The zero-order valence-electron chi connectivity index (χ0n) is 12.9. The van der Waals surface area contributed by atoms with Gasteiger partial charge < -0.3 is 4.52 Å². The predicted molar refractivity (Wildman–Crippen MR) is 81.4 cm³/mol. The first-order chi connectivity index (χ1) is 11.1. The average Bonchev–Trinajstić information content (AvgIpc) is 3.09. The maximum absolute atomic E-state index is 13.3. The summed E-state index contributed by atoms with van der Waals surface area (Å²) < 4.78 is 31.8. The summed E-state index contributed by atoms with van der Waals surface area (Å²) in [5.74, 6) is -0.568. The highest BCUT2D eigenvalue weighted by atomic mass is 19.3. The zero-order chi connectivity index (χ0) is 15.9. The molecule has 1 heterocycles. The number of nitrogens with zero attached hydrogens (tertiary/aromatic N) is 2. The fraction of sp³-hybridized carbons (Fsp3) is 0.556. The summed E-state index contributed by atoms with van der Waals surface area (Å²) in [6.45, 7) is 0. The third kappa shape index (κ3) is 3.14. The first-order valence-corrected chi connectivity index (χ1v) is 8.34. The number of hydrogen-bond donors (Lipinski definition) is 0. The molecule has 0 N–H and O–H groups in total. The number of halogens is 2. The van der Waals surface area contributed by atoms with Gasteiger partial charge in [-0.2, -0.15) is 4.98 Å². The van der Waals surface area contributed by atoms with Crippen LogP contribution in [0.2, 0.25) is 0 Å². The fourth-order valence-corrected chi connectivity index (χ4v) is 3.83. The van der Waals surface area contributed by atoms with Gasteiger partial charge in [0.2, 0.25) is 11.8 Å². The fourth-order valence-electron chi connectivity index (χ4n) is 3.83. The molecule has 2 aliphatic carbocycles. The van der Waals surface area contributed by atoms with Crippen molar-refractivity contribution >= 4 is 0 Å². The van der Waals surface area contributed by atoms with Crippen molar-refractivity contribution in [3.05, 3.63) is 47.6 Å². The van der Waals surface area contributed by atoms with Gasteiger partial charge in [0.1, 0.15) is 0 Å². The maximum Gasteiger partial charge on any atom is 0.248 e. The Hall–Kier alpha value is -1.78. The van der Waals surface area contributed by atoms with Crippen LogP contribution < -0.4 is 0 Å².